The average molecular weight is 372 g/mol. The highest BCUT2D eigenvalue weighted by Gasteiger charge is 2.40. The summed E-state index contributed by atoms with van der Waals surface area (Å²) >= 11 is 0. The summed E-state index contributed by atoms with van der Waals surface area (Å²) in [6.07, 6.45) is 11.8. The lowest BCUT2D eigenvalue weighted by molar-refractivity contribution is -0.139. The van der Waals surface area contributed by atoms with E-state index in [2.05, 4.69) is 26.9 Å². The zero-order valence-corrected chi connectivity index (χ0v) is 16.4. The number of piperidine rings is 1. The number of nitrogens with zero attached hydrogens (tertiary/aromatic N) is 3. The minimum Gasteiger partial charge on any atom is -0.379 e. The molecule has 5 heteroatoms. The van der Waals surface area contributed by atoms with E-state index < -0.39 is 0 Å². The molecule has 0 bridgehead atoms. The largest absolute Gasteiger partial charge is 0.379 e. The summed E-state index contributed by atoms with van der Waals surface area (Å²) in [6, 6.07) is 4.20. The van der Waals surface area contributed by atoms with Crippen molar-refractivity contribution in [3.05, 3.63) is 30.1 Å². The standard InChI is InChI=1S/C22H33N3O2/c26-21(20-4-2-1-3-5-20)25-12-8-22(9-13-25)17-24(14-15-27-18-22)16-19-6-10-23-11-7-19/h6-7,10-11,20H,1-5,8-9,12-18H2. The second kappa shape index (κ2) is 8.70. The highest BCUT2D eigenvalue weighted by molar-refractivity contribution is 5.79. The molecule has 3 fully saturated rings. The Morgan fingerprint density at radius 1 is 1.11 bits per heavy atom. The number of carbonyl (C=O) groups excluding carboxylic acids is 1. The summed E-state index contributed by atoms with van der Waals surface area (Å²) < 4.78 is 6.01. The summed E-state index contributed by atoms with van der Waals surface area (Å²) in [5.74, 6) is 0.717. The van der Waals surface area contributed by atoms with Crippen molar-refractivity contribution < 1.29 is 9.53 Å². The van der Waals surface area contributed by atoms with E-state index in [-0.39, 0.29) is 5.41 Å². The minimum atomic E-state index is 0.201. The van der Waals surface area contributed by atoms with Gasteiger partial charge in [-0.15, -0.1) is 0 Å². The third-order valence-corrected chi connectivity index (χ3v) is 6.76. The Bertz CT molecular complexity index is 607. The van der Waals surface area contributed by atoms with Crippen molar-refractivity contribution in [2.75, 3.05) is 39.4 Å². The molecule has 1 saturated carbocycles. The van der Waals surface area contributed by atoms with Crippen molar-refractivity contribution >= 4 is 5.91 Å². The molecule has 1 spiro atoms. The van der Waals surface area contributed by atoms with Gasteiger partial charge in [-0.3, -0.25) is 14.7 Å². The van der Waals surface area contributed by atoms with Crippen molar-refractivity contribution in [2.24, 2.45) is 11.3 Å². The summed E-state index contributed by atoms with van der Waals surface area (Å²) in [6.45, 7) is 6.46. The lowest BCUT2D eigenvalue weighted by Gasteiger charge is -2.43. The van der Waals surface area contributed by atoms with Crippen molar-refractivity contribution in [2.45, 2.75) is 51.5 Å². The van der Waals surface area contributed by atoms with Crippen LogP contribution in [-0.4, -0.2) is 60.1 Å². The topological polar surface area (TPSA) is 45.7 Å². The maximum Gasteiger partial charge on any atom is 0.225 e. The van der Waals surface area contributed by atoms with Gasteiger partial charge in [0.2, 0.25) is 5.91 Å². The molecular formula is C22H33N3O2. The molecule has 2 aliphatic heterocycles. The molecule has 0 N–H and O–H groups in total. The molecule has 2 saturated heterocycles. The maximum absolute atomic E-state index is 12.9. The minimum absolute atomic E-state index is 0.201. The van der Waals surface area contributed by atoms with Crippen LogP contribution in [0.15, 0.2) is 24.5 Å². The third kappa shape index (κ3) is 4.69. The van der Waals surface area contributed by atoms with Crippen LogP contribution >= 0.6 is 0 Å². The third-order valence-electron chi connectivity index (χ3n) is 6.76. The predicted molar refractivity (Wildman–Crippen MR) is 105 cm³/mol. The van der Waals surface area contributed by atoms with Crippen LogP contribution in [0.1, 0.15) is 50.5 Å². The van der Waals surface area contributed by atoms with Gasteiger partial charge in [0, 0.05) is 56.5 Å². The van der Waals surface area contributed by atoms with E-state index in [0.29, 0.717) is 11.8 Å². The first kappa shape index (κ1) is 18.9. The Labute approximate surface area is 163 Å². The Balaban J connectivity index is 1.35. The molecule has 0 atom stereocenters. The van der Waals surface area contributed by atoms with Crippen LogP contribution < -0.4 is 0 Å². The van der Waals surface area contributed by atoms with Gasteiger partial charge in [0.25, 0.3) is 0 Å². The fraction of sp³-hybridized carbons (Fsp3) is 0.727. The normalized spacial score (nSPS) is 24.7. The predicted octanol–water partition coefficient (Wildman–Crippen LogP) is 3.10. The maximum atomic E-state index is 12.9. The molecule has 3 heterocycles. The van der Waals surface area contributed by atoms with Gasteiger partial charge in [0.15, 0.2) is 0 Å². The quantitative estimate of drug-likeness (QED) is 0.819. The van der Waals surface area contributed by atoms with E-state index in [4.69, 9.17) is 4.74 Å². The molecule has 1 aliphatic carbocycles. The lowest BCUT2D eigenvalue weighted by Crippen LogP contribution is -2.50. The second-order valence-corrected chi connectivity index (χ2v) is 8.78. The van der Waals surface area contributed by atoms with Gasteiger partial charge in [-0.05, 0) is 43.4 Å². The van der Waals surface area contributed by atoms with Crippen molar-refractivity contribution in [1.29, 1.82) is 0 Å². The fourth-order valence-electron chi connectivity index (χ4n) is 5.07. The van der Waals surface area contributed by atoms with Gasteiger partial charge in [-0.1, -0.05) is 19.3 Å². The van der Waals surface area contributed by atoms with Crippen LogP contribution in [0.4, 0.5) is 0 Å². The van der Waals surface area contributed by atoms with Crippen LogP contribution in [0.3, 0.4) is 0 Å². The first-order chi connectivity index (χ1) is 13.2. The molecule has 5 nitrogen and oxygen atoms in total. The molecule has 4 rings (SSSR count). The van der Waals surface area contributed by atoms with Gasteiger partial charge < -0.3 is 9.64 Å². The number of rotatable bonds is 3. The Kier molecular flexibility index (Phi) is 6.08. The van der Waals surface area contributed by atoms with E-state index in [1.165, 1.54) is 24.8 Å². The van der Waals surface area contributed by atoms with E-state index in [9.17, 15) is 4.79 Å². The molecule has 0 aromatic carbocycles. The number of hydrogen-bond donors (Lipinski definition) is 0. The van der Waals surface area contributed by atoms with Crippen molar-refractivity contribution in [3.8, 4) is 0 Å². The van der Waals surface area contributed by atoms with Crippen molar-refractivity contribution in [1.82, 2.24) is 14.8 Å². The second-order valence-electron chi connectivity index (χ2n) is 8.78. The number of aromatic nitrogens is 1. The molecule has 3 aliphatic rings. The van der Waals surface area contributed by atoms with Crippen molar-refractivity contribution in [3.63, 3.8) is 0 Å². The first-order valence-electron chi connectivity index (χ1n) is 10.7. The Morgan fingerprint density at radius 2 is 1.85 bits per heavy atom. The molecule has 1 aromatic heterocycles. The summed E-state index contributed by atoms with van der Waals surface area (Å²) in [5, 5.41) is 0. The number of carbonyl (C=O) groups is 1. The molecule has 0 radical (unpaired) electrons. The first-order valence-corrected chi connectivity index (χ1v) is 10.7. The van der Waals surface area contributed by atoms with E-state index in [1.807, 2.05) is 12.4 Å². The zero-order valence-electron chi connectivity index (χ0n) is 16.4. The highest BCUT2D eigenvalue weighted by Crippen LogP contribution is 2.36. The van der Waals surface area contributed by atoms with E-state index >= 15 is 0 Å². The Hall–Kier alpha value is -1.46. The Morgan fingerprint density at radius 3 is 2.59 bits per heavy atom. The van der Waals surface area contributed by atoms with Crippen LogP contribution in [-0.2, 0) is 16.1 Å². The zero-order chi connectivity index (χ0) is 18.5. The fourth-order valence-corrected chi connectivity index (χ4v) is 5.07. The molecule has 0 unspecified atom stereocenters. The SMILES string of the molecule is O=C(C1CCCCC1)N1CCC2(CC1)COCCN(Cc1ccncc1)C2. The molecular weight excluding hydrogens is 338 g/mol. The molecule has 1 amide bonds. The number of hydrogen-bond acceptors (Lipinski definition) is 4. The number of pyridine rings is 1. The van der Waals surface area contributed by atoms with Crippen LogP contribution in [0.2, 0.25) is 0 Å². The number of likely N-dealkylation sites (tertiary alicyclic amines) is 1. The summed E-state index contributed by atoms with van der Waals surface area (Å²) in [4.78, 5) is 21.7. The molecule has 148 valence electrons. The summed E-state index contributed by atoms with van der Waals surface area (Å²) in [5.41, 5.74) is 1.51. The van der Waals surface area contributed by atoms with Gasteiger partial charge in [0.1, 0.15) is 0 Å². The smallest absolute Gasteiger partial charge is 0.225 e. The number of ether oxygens (including phenoxy) is 1. The average Bonchev–Trinajstić information content (AvgIpc) is 2.91. The highest BCUT2D eigenvalue weighted by atomic mass is 16.5. The van der Waals surface area contributed by atoms with E-state index in [1.54, 1.807) is 0 Å². The van der Waals surface area contributed by atoms with E-state index in [0.717, 1.165) is 71.6 Å². The van der Waals surface area contributed by atoms with Gasteiger partial charge in [-0.25, -0.2) is 0 Å². The molecule has 27 heavy (non-hydrogen) atoms. The van der Waals surface area contributed by atoms with Crippen LogP contribution in [0, 0.1) is 11.3 Å². The monoisotopic (exact) mass is 371 g/mol. The van der Waals surface area contributed by atoms with Gasteiger partial charge in [0.05, 0.1) is 13.2 Å². The van der Waals surface area contributed by atoms with Crippen LogP contribution in [0.5, 0.6) is 0 Å². The summed E-state index contributed by atoms with van der Waals surface area (Å²) in [7, 11) is 0. The van der Waals surface area contributed by atoms with Crippen LogP contribution in [0.25, 0.3) is 0 Å². The number of amides is 1. The molecule has 1 aromatic rings. The van der Waals surface area contributed by atoms with Gasteiger partial charge >= 0.3 is 0 Å². The van der Waals surface area contributed by atoms with Gasteiger partial charge in [-0.2, -0.15) is 0 Å². The lowest BCUT2D eigenvalue weighted by atomic mass is 9.78.